The van der Waals surface area contributed by atoms with Gasteiger partial charge in [-0.3, -0.25) is 0 Å². The lowest BCUT2D eigenvalue weighted by atomic mass is 10.3. The Kier molecular flexibility index (Phi) is 6.29. The predicted molar refractivity (Wildman–Crippen MR) is 83.2 cm³/mol. The van der Waals surface area contributed by atoms with Crippen LogP contribution in [0.5, 0.6) is 5.75 Å². The summed E-state index contributed by atoms with van der Waals surface area (Å²) in [6, 6.07) is 5.92. The molecule has 0 aliphatic rings. The molecule has 0 radical (unpaired) electrons. The van der Waals surface area contributed by atoms with Gasteiger partial charge in [0.15, 0.2) is 0 Å². The molecule has 0 amide bonds. The number of hydrogen-bond donors (Lipinski definition) is 0. The lowest BCUT2D eigenvalue weighted by molar-refractivity contribution is 0.0667. The van der Waals surface area contributed by atoms with Crippen LogP contribution in [-0.4, -0.2) is 43.1 Å². The lowest BCUT2D eigenvalue weighted by Gasteiger charge is -2.09. The number of fused-ring (bicyclic) bond motifs is 1. The van der Waals surface area contributed by atoms with Gasteiger partial charge in [-0.1, -0.05) is 6.07 Å². The first-order chi connectivity index (χ1) is 10.3. The molecule has 0 spiro atoms. The molecule has 2 rings (SSSR count). The fraction of sp³-hybridized carbons (Fsp3) is 0.533. The summed E-state index contributed by atoms with van der Waals surface area (Å²) >= 11 is 6.01. The topological polar surface area (TPSA) is 45.5 Å². The van der Waals surface area contributed by atoms with Gasteiger partial charge in [-0.2, -0.15) is 0 Å². The molecule has 0 aliphatic heterocycles. The molecule has 116 valence electrons. The van der Waals surface area contributed by atoms with Crippen molar-refractivity contribution in [2.45, 2.75) is 19.3 Å². The maximum Gasteiger partial charge on any atom is 0.147 e. The fourth-order valence-corrected chi connectivity index (χ4v) is 2.40. The van der Waals surface area contributed by atoms with Gasteiger partial charge in [-0.15, -0.1) is 11.6 Å². The molecule has 0 N–H and O–H groups in total. The third-order valence-electron chi connectivity index (χ3n) is 3.13. The largest absolute Gasteiger partial charge is 0.492 e. The van der Waals surface area contributed by atoms with Gasteiger partial charge in [0.2, 0.25) is 0 Å². The molecule has 0 aliphatic carbocycles. The van der Waals surface area contributed by atoms with E-state index in [0.29, 0.717) is 38.9 Å². The van der Waals surface area contributed by atoms with Crippen LogP contribution in [0, 0.1) is 0 Å². The summed E-state index contributed by atoms with van der Waals surface area (Å²) in [5, 5.41) is 0. The van der Waals surface area contributed by atoms with Crippen molar-refractivity contribution in [2.75, 3.05) is 33.5 Å². The van der Waals surface area contributed by atoms with Crippen molar-refractivity contribution in [1.29, 1.82) is 0 Å². The van der Waals surface area contributed by atoms with Gasteiger partial charge in [-0.05, 0) is 19.1 Å². The Bertz CT molecular complexity index is 571. The number of alkyl halides is 1. The average molecular weight is 313 g/mol. The van der Waals surface area contributed by atoms with Crippen molar-refractivity contribution in [2.24, 2.45) is 0 Å². The van der Waals surface area contributed by atoms with E-state index in [9.17, 15) is 0 Å². The zero-order valence-corrected chi connectivity index (χ0v) is 13.2. The SMILES string of the molecule is CCOc1cccc2c1nc(CCl)n2CCOCCOC. The second kappa shape index (κ2) is 8.22. The van der Waals surface area contributed by atoms with Gasteiger partial charge in [0.1, 0.15) is 17.1 Å². The Hall–Kier alpha value is -1.30. The predicted octanol–water partition coefficient (Wildman–Crippen LogP) is 2.84. The van der Waals surface area contributed by atoms with Crippen molar-refractivity contribution in [3.05, 3.63) is 24.0 Å². The second-order valence-electron chi connectivity index (χ2n) is 4.48. The van der Waals surface area contributed by atoms with E-state index < -0.39 is 0 Å². The highest BCUT2D eigenvalue weighted by Gasteiger charge is 2.13. The Labute approximate surface area is 129 Å². The van der Waals surface area contributed by atoms with E-state index in [2.05, 4.69) is 9.55 Å². The number of para-hydroxylation sites is 1. The molecule has 0 atom stereocenters. The van der Waals surface area contributed by atoms with E-state index in [4.69, 9.17) is 25.8 Å². The first-order valence-corrected chi connectivity index (χ1v) is 7.58. The van der Waals surface area contributed by atoms with E-state index in [1.807, 2.05) is 25.1 Å². The molecule has 6 heteroatoms. The van der Waals surface area contributed by atoms with Crippen LogP contribution in [0.25, 0.3) is 11.0 Å². The fourth-order valence-electron chi connectivity index (χ4n) is 2.19. The summed E-state index contributed by atoms with van der Waals surface area (Å²) in [6.45, 7) is 5.06. The van der Waals surface area contributed by atoms with Crippen molar-refractivity contribution in [3.63, 3.8) is 0 Å². The zero-order chi connectivity index (χ0) is 15.1. The Morgan fingerprint density at radius 3 is 2.81 bits per heavy atom. The van der Waals surface area contributed by atoms with Gasteiger partial charge in [-0.25, -0.2) is 4.98 Å². The molecule has 21 heavy (non-hydrogen) atoms. The maximum absolute atomic E-state index is 6.01. The maximum atomic E-state index is 6.01. The molecule has 1 aromatic carbocycles. The second-order valence-corrected chi connectivity index (χ2v) is 4.74. The normalized spacial score (nSPS) is 11.2. The molecule has 0 fully saturated rings. The molecule has 0 bridgehead atoms. The average Bonchev–Trinajstić information content (AvgIpc) is 2.86. The minimum Gasteiger partial charge on any atom is -0.492 e. The summed E-state index contributed by atoms with van der Waals surface area (Å²) in [5.74, 6) is 1.98. The van der Waals surface area contributed by atoms with Crippen LogP contribution < -0.4 is 4.74 Å². The number of halogens is 1. The summed E-state index contributed by atoms with van der Waals surface area (Å²) in [4.78, 5) is 4.59. The first-order valence-electron chi connectivity index (χ1n) is 7.05. The number of rotatable bonds is 9. The monoisotopic (exact) mass is 312 g/mol. The summed E-state index contributed by atoms with van der Waals surface area (Å²) in [6.07, 6.45) is 0. The molecule has 2 aromatic rings. The van der Waals surface area contributed by atoms with Crippen LogP contribution in [0.2, 0.25) is 0 Å². The third kappa shape index (κ3) is 3.87. The van der Waals surface area contributed by atoms with E-state index in [-0.39, 0.29) is 0 Å². The minimum atomic E-state index is 0.359. The molecular weight excluding hydrogens is 292 g/mol. The molecule has 0 saturated heterocycles. The van der Waals surface area contributed by atoms with E-state index in [1.54, 1.807) is 7.11 Å². The van der Waals surface area contributed by atoms with Crippen LogP contribution >= 0.6 is 11.6 Å². The van der Waals surface area contributed by atoms with Crippen LogP contribution in [0.15, 0.2) is 18.2 Å². The lowest BCUT2D eigenvalue weighted by Crippen LogP contribution is -2.11. The van der Waals surface area contributed by atoms with Crippen LogP contribution in [-0.2, 0) is 21.9 Å². The van der Waals surface area contributed by atoms with Gasteiger partial charge >= 0.3 is 0 Å². The molecular formula is C15H21ClN2O3. The van der Waals surface area contributed by atoms with Gasteiger partial charge in [0.25, 0.3) is 0 Å². The van der Waals surface area contributed by atoms with Crippen LogP contribution in [0.3, 0.4) is 0 Å². The summed E-state index contributed by atoms with van der Waals surface area (Å²) in [7, 11) is 1.66. The standard InChI is InChI=1S/C15H21ClN2O3/c1-3-21-13-6-4-5-12-15(13)17-14(11-16)18(12)7-8-20-10-9-19-2/h4-6H,3,7-11H2,1-2H3. The van der Waals surface area contributed by atoms with E-state index >= 15 is 0 Å². The zero-order valence-electron chi connectivity index (χ0n) is 12.5. The molecule has 0 unspecified atom stereocenters. The minimum absolute atomic E-state index is 0.359. The highest BCUT2D eigenvalue weighted by Crippen LogP contribution is 2.26. The van der Waals surface area contributed by atoms with Crippen LogP contribution in [0.4, 0.5) is 0 Å². The van der Waals surface area contributed by atoms with Gasteiger partial charge in [0, 0.05) is 13.7 Å². The molecule has 1 heterocycles. The van der Waals surface area contributed by atoms with E-state index in [1.165, 1.54) is 0 Å². The Morgan fingerprint density at radius 2 is 2.10 bits per heavy atom. The number of aromatic nitrogens is 2. The quantitative estimate of drug-likeness (QED) is 0.527. The third-order valence-corrected chi connectivity index (χ3v) is 3.37. The number of methoxy groups -OCH3 is 1. The highest BCUT2D eigenvalue weighted by molar-refractivity contribution is 6.16. The number of ether oxygens (including phenoxy) is 3. The van der Waals surface area contributed by atoms with E-state index in [0.717, 1.165) is 22.6 Å². The van der Waals surface area contributed by atoms with Crippen molar-refractivity contribution in [1.82, 2.24) is 9.55 Å². The highest BCUT2D eigenvalue weighted by atomic mass is 35.5. The van der Waals surface area contributed by atoms with Gasteiger partial charge < -0.3 is 18.8 Å². The number of hydrogen-bond acceptors (Lipinski definition) is 4. The van der Waals surface area contributed by atoms with Crippen LogP contribution in [0.1, 0.15) is 12.7 Å². The molecule has 1 aromatic heterocycles. The number of imidazole rings is 1. The molecule has 0 saturated carbocycles. The molecule has 5 nitrogen and oxygen atoms in total. The van der Waals surface area contributed by atoms with Crippen molar-refractivity contribution in [3.8, 4) is 5.75 Å². The summed E-state index contributed by atoms with van der Waals surface area (Å²) < 4.78 is 18.2. The Morgan fingerprint density at radius 1 is 1.24 bits per heavy atom. The number of benzene rings is 1. The first kappa shape index (κ1) is 16.1. The smallest absolute Gasteiger partial charge is 0.147 e. The summed E-state index contributed by atoms with van der Waals surface area (Å²) in [5.41, 5.74) is 1.87. The Balaban J connectivity index is 2.19. The number of nitrogens with zero attached hydrogens (tertiary/aromatic N) is 2. The van der Waals surface area contributed by atoms with Gasteiger partial charge in [0.05, 0.1) is 37.8 Å². The van der Waals surface area contributed by atoms with Crippen molar-refractivity contribution >= 4 is 22.6 Å². The van der Waals surface area contributed by atoms with Crippen molar-refractivity contribution < 1.29 is 14.2 Å².